The molecule has 26 heavy (non-hydrogen) atoms. The molecule has 0 atom stereocenters. The van der Waals surface area contributed by atoms with Crippen LogP contribution in [0.15, 0.2) is 66.7 Å². The highest BCUT2D eigenvalue weighted by molar-refractivity contribution is 7.04. The van der Waals surface area contributed by atoms with Crippen LogP contribution in [-0.4, -0.2) is 18.0 Å². The van der Waals surface area contributed by atoms with Gasteiger partial charge in [0.15, 0.2) is 0 Å². The van der Waals surface area contributed by atoms with E-state index < -0.39 is 8.07 Å². The fraction of sp³-hybridized carbons (Fsp3) is 0.0909. The van der Waals surface area contributed by atoms with Crippen molar-refractivity contribution in [2.75, 3.05) is 0 Å². The average molecular weight is 373 g/mol. The highest BCUT2D eigenvalue weighted by Crippen LogP contribution is 2.35. The van der Waals surface area contributed by atoms with Crippen LogP contribution in [0.4, 0.5) is 0 Å². The van der Waals surface area contributed by atoms with Crippen molar-refractivity contribution < 1.29 is 0 Å². The third kappa shape index (κ3) is 2.11. The van der Waals surface area contributed by atoms with Gasteiger partial charge in [-0.25, -0.2) is 9.97 Å². The lowest BCUT2D eigenvalue weighted by Gasteiger charge is -2.22. The van der Waals surface area contributed by atoms with Crippen molar-refractivity contribution in [1.29, 1.82) is 0 Å². The number of para-hydroxylation sites is 1. The minimum Gasteiger partial charge on any atom is -0.218 e. The summed E-state index contributed by atoms with van der Waals surface area (Å²) < 4.78 is 0. The first-order valence-electron chi connectivity index (χ1n) is 8.73. The third-order valence-corrected chi connectivity index (χ3v) is 9.15. The number of fused-ring (bicyclic) bond motifs is 4. The van der Waals surface area contributed by atoms with Gasteiger partial charge in [-0.1, -0.05) is 73.8 Å². The number of aromatic nitrogens is 2. The molecule has 0 fully saturated rings. The largest absolute Gasteiger partial charge is 0.223 e. The molecule has 0 saturated heterocycles. The minimum atomic E-state index is -1.82. The van der Waals surface area contributed by atoms with Crippen molar-refractivity contribution in [2.24, 2.45) is 0 Å². The molecule has 4 heteroatoms. The lowest BCUT2D eigenvalue weighted by atomic mass is 10.00. The van der Waals surface area contributed by atoms with Crippen LogP contribution in [0.1, 0.15) is 0 Å². The summed E-state index contributed by atoms with van der Waals surface area (Å²) in [4.78, 5) is 9.05. The average Bonchev–Trinajstić information content (AvgIpc) is 2.89. The molecule has 0 N–H and O–H groups in total. The van der Waals surface area contributed by atoms with Crippen molar-refractivity contribution in [3.8, 4) is 22.4 Å². The standard InChI is InChI=1S/C22H17ClN2Si/c1-26(2)19-13-6-4-8-14(19)15-10-7-11-17(21(15)26)20-16-9-3-5-12-18(16)24-22(23)25-20/h3-13H,1-2H3. The zero-order chi connectivity index (χ0) is 17.9. The summed E-state index contributed by atoms with van der Waals surface area (Å²) >= 11 is 6.27. The van der Waals surface area contributed by atoms with Crippen molar-refractivity contribution in [3.63, 3.8) is 0 Å². The van der Waals surface area contributed by atoms with Crippen LogP contribution in [0.2, 0.25) is 18.4 Å². The number of nitrogens with zero attached hydrogens (tertiary/aromatic N) is 2. The van der Waals surface area contributed by atoms with E-state index in [0.29, 0.717) is 5.28 Å². The minimum absolute atomic E-state index is 0.297. The fourth-order valence-corrected chi connectivity index (χ4v) is 7.91. The van der Waals surface area contributed by atoms with Gasteiger partial charge < -0.3 is 0 Å². The maximum atomic E-state index is 6.27. The fourth-order valence-electron chi connectivity index (χ4n) is 4.30. The summed E-state index contributed by atoms with van der Waals surface area (Å²) in [6.07, 6.45) is 0. The maximum Gasteiger partial charge on any atom is 0.223 e. The molecule has 0 aliphatic carbocycles. The molecule has 5 rings (SSSR count). The molecule has 0 amide bonds. The van der Waals surface area contributed by atoms with E-state index >= 15 is 0 Å². The predicted octanol–water partition coefficient (Wildman–Crippen LogP) is 4.75. The van der Waals surface area contributed by atoms with Gasteiger partial charge in [0, 0.05) is 10.9 Å². The molecule has 2 nitrogen and oxygen atoms in total. The van der Waals surface area contributed by atoms with Gasteiger partial charge in [-0.15, -0.1) is 0 Å². The maximum absolute atomic E-state index is 6.27. The van der Waals surface area contributed by atoms with Crippen LogP contribution < -0.4 is 10.4 Å². The number of hydrogen-bond acceptors (Lipinski definition) is 2. The zero-order valence-electron chi connectivity index (χ0n) is 14.6. The van der Waals surface area contributed by atoms with Gasteiger partial charge in [0.05, 0.1) is 11.2 Å². The third-order valence-electron chi connectivity index (χ3n) is 5.41. The van der Waals surface area contributed by atoms with Gasteiger partial charge in [-0.05, 0) is 39.2 Å². The van der Waals surface area contributed by atoms with Gasteiger partial charge in [0.25, 0.3) is 0 Å². The van der Waals surface area contributed by atoms with Crippen molar-refractivity contribution in [1.82, 2.24) is 9.97 Å². The number of rotatable bonds is 1. The van der Waals surface area contributed by atoms with Crippen LogP contribution >= 0.6 is 11.6 Å². The highest BCUT2D eigenvalue weighted by atomic mass is 35.5. The second kappa shape index (κ2) is 5.50. The van der Waals surface area contributed by atoms with E-state index in [4.69, 9.17) is 11.6 Å². The molecule has 1 aliphatic heterocycles. The summed E-state index contributed by atoms with van der Waals surface area (Å²) in [5.41, 5.74) is 5.72. The Hall–Kier alpha value is -2.49. The molecule has 1 aliphatic rings. The lowest BCUT2D eigenvalue weighted by Crippen LogP contribution is -2.50. The van der Waals surface area contributed by atoms with E-state index in [-0.39, 0.29) is 0 Å². The second-order valence-electron chi connectivity index (χ2n) is 7.26. The zero-order valence-corrected chi connectivity index (χ0v) is 16.4. The smallest absolute Gasteiger partial charge is 0.218 e. The van der Waals surface area contributed by atoms with Gasteiger partial charge in [0.2, 0.25) is 5.28 Å². The first-order chi connectivity index (χ1) is 12.6. The van der Waals surface area contributed by atoms with E-state index in [2.05, 4.69) is 71.6 Å². The Kier molecular flexibility index (Phi) is 3.33. The molecule has 0 unspecified atom stereocenters. The van der Waals surface area contributed by atoms with Crippen molar-refractivity contribution >= 4 is 41.0 Å². The van der Waals surface area contributed by atoms with E-state index in [9.17, 15) is 0 Å². The molecule has 126 valence electrons. The Labute approximate surface area is 158 Å². The topological polar surface area (TPSA) is 25.8 Å². The summed E-state index contributed by atoms with van der Waals surface area (Å²) in [6, 6.07) is 23.5. The van der Waals surface area contributed by atoms with Crippen LogP contribution in [-0.2, 0) is 0 Å². The first-order valence-corrected chi connectivity index (χ1v) is 12.1. The van der Waals surface area contributed by atoms with E-state index in [0.717, 1.165) is 16.6 Å². The van der Waals surface area contributed by atoms with E-state index in [1.807, 2.05) is 18.2 Å². The molecule has 3 aromatic carbocycles. The quantitative estimate of drug-likeness (QED) is 0.356. The van der Waals surface area contributed by atoms with Crippen LogP contribution in [0.5, 0.6) is 0 Å². The van der Waals surface area contributed by atoms with Gasteiger partial charge in [-0.2, -0.15) is 0 Å². The Morgan fingerprint density at radius 3 is 2.31 bits per heavy atom. The SMILES string of the molecule is C[Si]1(C)c2ccccc2-c2cccc(-c3nc(Cl)nc4ccccc34)c21. The molecule has 0 radical (unpaired) electrons. The molecule has 0 spiro atoms. The monoisotopic (exact) mass is 372 g/mol. The summed E-state index contributed by atoms with van der Waals surface area (Å²) in [6.45, 7) is 4.85. The predicted molar refractivity (Wildman–Crippen MR) is 112 cm³/mol. The van der Waals surface area contributed by atoms with E-state index in [1.165, 1.54) is 27.1 Å². The Morgan fingerprint density at radius 1 is 0.731 bits per heavy atom. The molecule has 1 aromatic heterocycles. The van der Waals surface area contributed by atoms with Gasteiger partial charge >= 0.3 is 0 Å². The molecular weight excluding hydrogens is 356 g/mol. The normalized spacial score (nSPS) is 14.3. The van der Waals surface area contributed by atoms with Crippen LogP contribution in [0, 0.1) is 0 Å². The Bertz CT molecular complexity index is 1180. The Morgan fingerprint density at radius 2 is 1.42 bits per heavy atom. The Balaban J connectivity index is 1.89. The summed E-state index contributed by atoms with van der Waals surface area (Å²) in [7, 11) is -1.82. The van der Waals surface area contributed by atoms with Crippen LogP contribution in [0.25, 0.3) is 33.3 Å². The molecule has 0 saturated carbocycles. The van der Waals surface area contributed by atoms with Gasteiger partial charge in [0.1, 0.15) is 8.07 Å². The molecule has 2 heterocycles. The summed E-state index contributed by atoms with van der Waals surface area (Å²) in [5.74, 6) is 0. The first kappa shape index (κ1) is 15.7. The number of hydrogen-bond donors (Lipinski definition) is 0. The number of benzene rings is 3. The molecule has 4 aromatic rings. The van der Waals surface area contributed by atoms with Crippen molar-refractivity contribution in [3.05, 3.63) is 72.0 Å². The van der Waals surface area contributed by atoms with Gasteiger partial charge in [-0.3, -0.25) is 0 Å². The van der Waals surface area contributed by atoms with Crippen LogP contribution in [0.3, 0.4) is 0 Å². The number of halogens is 1. The molecule has 0 bridgehead atoms. The summed E-state index contributed by atoms with van der Waals surface area (Å²) in [5, 5.41) is 4.28. The van der Waals surface area contributed by atoms with E-state index in [1.54, 1.807) is 0 Å². The highest BCUT2D eigenvalue weighted by Gasteiger charge is 2.39. The lowest BCUT2D eigenvalue weighted by molar-refractivity contribution is 1.23. The van der Waals surface area contributed by atoms with Crippen molar-refractivity contribution in [2.45, 2.75) is 13.1 Å². The molecular formula is C22H17ClN2Si. The second-order valence-corrected chi connectivity index (χ2v) is 11.9.